The van der Waals surface area contributed by atoms with Gasteiger partial charge >= 0.3 is 0 Å². The third-order valence-electron chi connectivity index (χ3n) is 8.57. The number of rotatable bonds is 2. The van der Waals surface area contributed by atoms with Gasteiger partial charge in [-0.25, -0.2) is 0 Å². The highest BCUT2D eigenvalue weighted by atomic mass is 16.1. The fourth-order valence-corrected chi connectivity index (χ4v) is 7.55. The molecule has 0 amide bonds. The summed E-state index contributed by atoms with van der Waals surface area (Å²) in [6.07, 6.45) is 18.9. The lowest BCUT2D eigenvalue weighted by molar-refractivity contribution is -0.116. The molecule has 0 spiro atoms. The maximum Gasteiger partial charge on any atom is 0.155 e. The zero-order valence-corrected chi connectivity index (χ0v) is 15.4. The number of hydrogen-bond donors (Lipinski definition) is 0. The SMILES string of the molecule is C#C[C@H]1CC[C@H]2[C@@H]3[C@H](CC)CC4=CC(=O)CC[C@@H]4[C@H]3CC[C@]12CC. The Labute approximate surface area is 147 Å². The molecule has 0 unspecified atom stereocenters. The first-order valence-electron chi connectivity index (χ1n) is 10.3. The molecule has 7 atom stereocenters. The summed E-state index contributed by atoms with van der Waals surface area (Å²) in [5, 5.41) is 0. The Morgan fingerprint density at radius 1 is 1.25 bits per heavy atom. The number of carbonyl (C=O) groups is 1. The molecule has 3 fully saturated rings. The second-order valence-corrected chi connectivity index (χ2v) is 8.97. The molecule has 0 aliphatic heterocycles. The molecular weight excluding hydrogens is 292 g/mol. The number of carbonyl (C=O) groups excluding carboxylic acids is 1. The van der Waals surface area contributed by atoms with Gasteiger partial charge in [-0.3, -0.25) is 4.79 Å². The number of hydrogen-bond acceptors (Lipinski definition) is 1. The van der Waals surface area contributed by atoms with E-state index >= 15 is 0 Å². The van der Waals surface area contributed by atoms with Crippen LogP contribution in [0.4, 0.5) is 0 Å². The van der Waals surface area contributed by atoms with Gasteiger partial charge in [0, 0.05) is 12.3 Å². The maximum absolute atomic E-state index is 11.9. The van der Waals surface area contributed by atoms with E-state index in [0.717, 1.165) is 36.5 Å². The lowest BCUT2D eigenvalue weighted by atomic mass is 9.47. The van der Waals surface area contributed by atoms with Gasteiger partial charge < -0.3 is 0 Å². The molecule has 0 bridgehead atoms. The Kier molecular flexibility index (Phi) is 4.14. The molecule has 0 N–H and O–H groups in total. The van der Waals surface area contributed by atoms with Crippen molar-refractivity contribution in [3.63, 3.8) is 0 Å². The minimum atomic E-state index is 0.376. The first kappa shape index (κ1) is 16.4. The van der Waals surface area contributed by atoms with E-state index in [0.29, 0.717) is 23.0 Å². The van der Waals surface area contributed by atoms with Crippen LogP contribution in [0.25, 0.3) is 0 Å². The fraction of sp³-hybridized carbons (Fsp3) is 0.783. The van der Waals surface area contributed by atoms with Gasteiger partial charge in [-0.1, -0.05) is 25.8 Å². The molecule has 0 aromatic carbocycles. The maximum atomic E-state index is 11.9. The summed E-state index contributed by atoms with van der Waals surface area (Å²) in [4.78, 5) is 11.9. The van der Waals surface area contributed by atoms with Crippen LogP contribution in [0, 0.1) is 53.3 Å². The Bertz CT molecular complexity index is 594. The van der Waals surface area contributed by atoms with Crippen molar-refractivity contribution in [2.45, 2.75) is 71.6 Å². The monoisotopic (exact) mass is 324 g/mol. The molecule has 4 aliphatic carbocycles. The smallest absolute Gasteiger partial charge is 0.155 e. The molecule has 0 saturated heterocycles. The summed E-state index contributed by atoms with van der Waals surface area (Å²) in [6, 6.07) is 0. The average molecular weight is 325 g/mol. The highest BCUT2D eigenvalue weighted by molar-refractivity contribution is 5.91. The van der Waals surface area contributed by atoms with Gasteiger partial charge in [0.1, 0.15) is 0 Å². The van der Waals surface area contributed by atoms with Crippen LogP contribution in [0.3, 0.4) is 0 Å². The van der Waals surface area contributed by atoms with Gasteiger partial charge in [0.2, 0.25) is 0 Å². The van der Waals surface area contributed by atoms with Gasteiger partial charge in [0.05, 0.1) is 0 Å². The minimum Gasteiger partial charge on any atom is -0.295 e. The standard InChI is InChI=1S/C23H32O/c1-4-15-13-16-14-18(24)8-9-19(16)20-11-12-23(6-3)17(5-2)7-10-21(23)22(15)20/h2,14-15,17,19-22H,4,6-13H2,1,3H3/t15-,17+,19+,20-,21+,22-,23-/m1/s1. The van der Waals surface area contributed by atoms with Crippen LogP contribution in [0.5, 0.6) is 0 Å². The Morgan fingerprint density at radius 3 is 2.79 bits per heavy atom. The molecule has 0 heterocycles. The minimum absolute atomic E-state index is 0.376. The molecule has 0 aromatic rings. The van der Waals surface area contributed by atoms with Gasteiger partial charge in [0.15, 0.2) is 5.78 Å². The summed E-state index contributed by atoms with van der Waals surface area (Å²) in [5.74, 6) is 8.08. The van der Waals surface area contributed by atoms with Crippen LogP contribution in [-0.4, -0.2) is 5.78 Å². The largest absolute Gasteiger partial charge is 0.295 e. The van der Waals surface area contributed by atoms with Crippen LogP contribution >= 0.6 is 0 Å². The lowest BCUT2D eigenvalue weighted by Crippen LogP contribution is -2.50. The van der Waals surface area contributed by atoms with E-state index in [1.165, 1.54) is 50.5 Å². The third-order valence-corrected chi connectivity index (χ3v) is 8.57. The number of ketones is 1. The van der Waals surface area contributed by atoms with Crippen molar-refractivity contribution in [1.82, 2.24) is 0 Å². The van der Waals surface area contributed by atoms with Crippen molar-refractivity contribution in [3.05, 3.63) is 11.6 Å². The predicted octanol–water partition coefficient (Wildman–Crippen LogP) is 5.40. The second-order valence-electron chi connectivity index (χ2n) is 8.97. The van der Waals surface area contributed by atoms with Crippen molar-refractivity contribution in [2.75, 3.05) is 0 Å². The van der Waals surface area contributed by atoms with Gasteiger partial charge in [-0.05, 0) is 86.0 Å². The molecular formula is C23H32O. The van der Waals surface area contributed by atoms with Crippen LogP contribution in [0.2, 0.25) is 0 Å². The van der Waals surface area contributed by atoms with Crippen molar-refractivity contribution in [1.29, 1.82) is 0 Å². The van der Waals surface area contributed by atoms with E-state index in [4.69, 9.17) is 6.42 Å². The molecule has 0 aromatic heterocycles. The van der Waals surface area contributed by atoms with Crippen molar-refractivity contribution >= 4 is 5.78 Å². The molecule has 1 heteroatoms. The van der Waals surface area contributed by atoms with E-state index < -0.39 is 0 Å². The first-order chi connectivity index (χ1) is 11.6. The van der Waals surface area contributed by atoms with E-state index in [9.17, 15) is 4.79 Å². The number of terminal acetylenes is 1. The first-order valence-corrected chi connectivity index (χ1v) is 10.3. The summed E-state index contributed by atoms with van der Waals surface area (Å²) >= 11 is 0. The van der Waals surface area contributed by atoms with E-state index in [1.54, 1.807) is 0 Å². The number of fused-ring (bicyclic) bond motifs is 5. The lowest BCUT2D eigenvalue weighted by Gasteiger charge is -2.57. The van der Waals surface area contributed by atoms with Crippen LogP contribution in [-0.2, 0) is 4.79 Å². The van der Waals surface area contributed by atoms with E-state index in [-0.39, 0.29) is 0 Å². The van der Waals surface area contributed by atoms with Crippen molar-refractivity contribution in [2.24, 2.45) is 40.9 Å². The average Bonchev–Trinajstić information content (AvgIpc) is 2.99. The number of allylic oxidation sites excluding steroid dienone is 1. The summed E-state index contributed by atoms with van der Waals surface area (Å²) in [5.41, 5.74) is 1.93. The Balaban J connectivity index is 1.71. The summed E-state index contributed by atoms with van der Waals surface area (Å²) in [6.45, 7) is 4.75. The summed E-state index contributed by atoms with van der Waals surface area (Å²) < 4.78 is 0. The van der Waals surface area contributed by atoms with E-state index in [2.05, 4.69) is 19.8 Å². The Hall–Kier alpha value is -1.03. The molecule has 4 rings (SSSR count). The molecule has 3 saturated carbocycles. The summed E-state index contributed by atoms with van der Waals surface area (Å²) in [7, 11) is 0. The van der Waals surface area contributed by atoms with Gasteiger partial charge in [0.25, 0.3) is 0 Å². The highest BCUT2D eigenvalue weighted by Crippen LogP contribution is 2.66. The molecule has 0 radical (unpaired) electrons. The van der Waals surface area contributed by atoms with Gasteiger partial charge in [-0.2, -0.15) is 0 Å². The zero-order valence-electron chi connectivity index (χ0n) is 15.4. The zero-order chi connectivity index (χ0) is 16.9. The quantitative estimate of drug-likeness (QED) is 0.621. The highest BCUT2D eigenvalue weighted by Gasteiger charge is 2.59. The third kappa shape index (κ3) is 2.18. The normalized spacial score (nSPS) is 47.2. The predicted molar refractivity (Wildman–Crippen MR) is 98.2 cm³/mol. The van der Waals surface area contributed by atoms with Crippen LogP contribution in [0.1, 0.15) is 71.6 Å². The molecule has 130 valence electrons. The Morgan fingerprint density at radius 2 is 2.08 bits per heavy atom. The molecule has 4 aliphatic rings. The van der Waals surface area contributed by atoms with Crippen LogP contribution < -0.4 is 0 Å². The molecule has 24 heavy (non-hydrogen) atoms. The topological polar surface area (TPSA) is 17.1 Å². The van der Waals surface area contributed by atoms with Crippen molar-refractivity contribution < 1.29 is 4.79 Å². The van der Waals surface area contributed by atoms with Crippen LogP contribution in [0.15, 0.2) is 11.6 Å². The fourth-order valence-electron chi connectivity index (χ4n) is 7.55. The molecule has 1 nitrogen and oxygen atoms in total. The van der Waals surface area contributed by atoms with E-state index in [1.807, 2.05) is 6.08 Å². The van der Waals surface area contributed by atoms with Crippen molar-refractivity contribution in [3.8, 4) is 12.3 Å². The van der Waals surface area contributed by atoms with Gasteiger partial charge in [-0.15, -0.1) is 12.3 Å². The second kappa shape index (κ2) is 6.05.